The number of thiophene rings is 1. The van der Waals surface area contributed by atoms with Gasteiger partial charge in [0.25, 0.3) is 5.91 Å². The molecule has 1 aromatic rings. The van der Waals surface area contributed by atoms with Crippen LogP contribution in [0.1, 0.15) is 29.1 Å². The summed E-state index contributed by atoms with van der Waals surface area (Å²) in [6.07, 6.45) is 0. The summed E-state index contributed by atoms with van der Waals surface area (Å²) in [4.78, 5) is 23.3. The SMILES string of the molecule is Cc1ccsc1C(=O)N[C@@H](C(=O)O)C(C)C. The lowest BCUT2D eigenvalue weighted by Gasteiger charge is -2.17. The summed E-state index contributed by atoms with van der Waals surface area (Å²) in [5.41, 5.74) is 0.871. The molecule has 0 saturated carbocycles. The van der Waals surface area contributed by atoms with E-state index in [1.54, 1.807) is 13.8 Å². The van der Waals surface area contributed by atoms with Gasteiger partial charge < -0.3 is 10.4 Å². The van der Waals surface area contributed by atoms with E-state index in [-0.39, 0.29) is 11.8 Å². The minimum absolute atomic E-state index is 0.137. The van der Waals surface area contributed by atoms with Crippen LogP contribution in [0, 0.1) is 12.8 Å². The van der Waals surface area contributed by atoms with E-state index in [0.29, 0.717) is 4.88 Å². The highest BCUT2D eigenvalue weighted by Gasteiger charge is 2.24. The van der Waals surface area contributed by atoms with Gasteiger partial charge in [-0.1, -0.05) is 13.8 Å². The maximum absolute atomic E-state index is 11.8. The van der Waals surface area contributed by atoms with Crippen LogP contribution in [0.5, 0.6) is 0 Å². The Morgan fingerprint density at radius 1 is 1.44 bits per heavy atom. The molecular weight excluding hydrogens is 226 g/mol. The fourth-order valence-corrected chi connectivity index (χ4v) is 2.15. The number of carboxylic acids is 1. The average Bonchev–Trinajstić information content (AvgIpc) is 2.59. The lowest BCUT2D eigenvalue weighted by atomic mass is 10.0. The summed E-state index contributed by atoms with van der Waals surface area (Å²) in [6, 6.07) is 0.999. The first-order valence-electron chi connectivity index (χ1n) is 5.01. The molecule has 0 aliphatic heterocycles. The molecule has 0 aromatic carbocycles. The fraction of sp³-hybridized carbons (Fsp3) is 0.455. The molecule has 0 saturated heterocycles. The van der Waals surface area contributed by atoms with E-state index in [1.165, 1.54) is 11.3 Å². The van der Waals surface area contributed by atoms with Crippen molar-refractivity contribution in [3.05, 3.63) is 21.9 Å². The normalized spacial score (nSPS) is 12.5. The van der Waals surface area contributed by atoms with Crippen LogP contribution in [0.15, 0.2) is 11.4 Å². The second kappa shape index (κ2) is 5.12. The maximum Gasteiger partial charge on any atom is 0.326 e. The molecule has 0 bridgehead atoms. The molecular formula is C11H15NO3S. The van der Waals surface area contributed by atoms with Gasteiger partial charge in [-0.3, -0.25) is 4.79 Å². The number of carboxylic acid groups (broad SMARTS) is 1. The molecule has 1 amide bonds. The van der Waals surface area contributed by atoms with Gasteiger partial charge in [0, 0.05) is 0 Å². The molecule has 1 heterocycles. The van der Waals surface area contributed by atoms with Crippen LogP contribution in [-0.2, 0) is 4.79 Å². The molecule has 2 N–H and O–H groups in total. The Morgan fingerprint density at radius 2 is 2.06 bits per heavy atom. The topological polar surface area (TPSA) is 66.4 Å². The van der Waals surface area contributed by atoms with E-state index in [0.717, 1.165) is 5.56 Å². The first kappa shape index (κ1) is 12.7. The van der Waals surface area contributed by atoms with Crippen molar-refractivity contribution in [2.45, 2.75) is 26.8 Å². The number of nitrogens with one attached hydrogen (secondary N) is 1. The van der Waals surface area contributed by atoms with E-state index >= 15 is 0 Å². The molecule has 0 spiro atoms. The smallest absolute Gasteiger partial charge is 0.326 e. The molecule has 5 heteroatoms. The largest absolute Gasteiger partial charge is 0.480 e. The predicted molar refractivity (Wildman–Crippen MR) is 62.8 cm³/mol. The molecule has 88 valence electrons. The van der Waals surface area contributed by atoms with Crippen LogP contribution in [-0.4, -0.2) is 23.0 Å². The van der Waals surface area contributed by atoms with Crippen molar-refractivity contribution in [1.82, 2.24) is 5.32 Å². The zero-order valence-electron chi connectivity index (χ0n) is 9.48. The van der Waals surface area contributed by atoms with E-state index in [9.17, 15) is 9.59 Å². The van der Waals surface area contributed by atoms with Crippen LogP contribution in [0.2, 0.25) is 0 Å². The zero-order chi connectivity index (χ0) is 12.3. The van der Waals surface area contributed by atoms with E-state index in [1.807, 2.05) is 18.4 Å². The summed E-state index contributed by atoms with van der Waals surface area (Å²) in [7, 11) is 0. The first-order valence-corrected chi connectivity index (χ1v) is 5.89. The molecule has 0 unspecified atom stereocenters. The molecule has 0 radical (unpaired) electrons. The van der Waals surface area contributed by atoms with Crippen molar-refractivity contribution in [1.29, 1.82) is 0 Å². The van der Waals surface area contributed by atoms with E-state index < -0.39 is 12.0 Å². The number of hydrogen-bond donors (Lipinski definition) is 2. The van der Waals surface area contributed by atoms with Crippen molar-refractivity contribution < 1.29 is 14.7 Å². The van der Waals surface area contributed by atoms with Gasteiger partial charge in [-0.05, 0) is 29.9 Å². The standard InChI is InChI=1S/C11H15NO3S/c1-6(2)8(11(14)15)12-10(13)9-7(3)4-5-16-9/h4-6,8H,1-3H3,(H,12,13)(H,14,15)/t8-/m1/s1. The van der Waals surface area contributed by atoms with Crippen LogP contribution < -0.4 is 5.32 Å². The number of carbonyl (C=O) groups is 2. The third kappa shape index (κ3) is 2.82. The van der Waals surface area contributed by atoms with E-state index in [4.69, 9.17) is 5.11 Å². The van der Waals surface area contributed by atoms with Gasteiger partial charge in [0.1, 0.15) is 6.04 Å². The van der Waals surface area contributed by atoms with Crippen molar-refractivity contribution in [3.63, 3.8) is 0 Å². The molecule has 1 atom stereocenters. The zero-order valence-corrected chi connectivity index (χ0v) is 10.3. The summed E-state index contributed by atoms with van der Waals surface area (Å²) >= 11 is 1.32. The first-order chi connectivity index (χ1) is 7.43. The number of carbonyl (C=O) groups excluding carboxylic acids is 1. The third-order valence-electron chi connectivity index (χ3n) is 2.29. The Balaban J connectivity index is 2.77. The minimum Gasteiger partial charge on any atom is -0.480 e. The number of rotatable bonds is 4. The summed E-state index contributed by atoms with van der Waals surface area (Å²) in [5.74, 6) is -1.45. The minimum atomic E-state index is -1.00. The van der Waals surface area contributed by atoms with Crippen LogP contribution >= 0.6 is 11.3 Å². The lowest BCUT2D eigenvalue weighted by molar-refractivity contribution is -0.140. The second-order valence-electron chi connectivity index (χ2n) is 3.97. The van der Waals surface area contributed by atoms with Gasteiger partial charge in [0.2, 0.25) is 0 Å². The molecule has 16 heavy (non-hydrogen) atoms. The Labute approximate surface area is 98.3 Å². The quantitative estimate of drug-likeness (QED) is 0.846. The molecule has 4 nitrogen and oxygen atoms in total. The monoisotopic (exact) mass is 241 g/mol. The second-order valence-corrected chi connectivity index (χ2v) is 4.88. The molecule has 1 aromatic heterocycles. The van der Waals surface area contributed by atoms with Gasteiger partial charge in [-0.25, -0.2) is 4.79 Å². The van der Waals surface area contributed by atoms with Crippen molar-refractivity contribution >= 4 is 23.2 Å². The molecule has 0 aliphatic rings. The van der Waals surface area contributed by atoms with E-state index in [2.05, 4.69) is 5.32 Å². The van der Waals surface area contributed by atoms with Crippen LogP contribution in [0.4, 0.5) is 0 Å². The number of amides is 1. The summed E-state index contributed by atoms with van der Waals surface area (Å²) < 4.78 is 0. The lowest BCUT2D eigenvalue weighted by Crippen LogP contribution is -2.44. The predicted octanol–water partition coefficient (Wildman–Crippen LogP) is 1.90. The highest BCUT2D eigenvalue weighted by Crippen LogP contribution is 2.16. The Hall–Kier alpha value is -1.36. The number of aliphatic carboxylic acids is 1. The third-order valence-corrected chi connectivity index (χ3v) is 3.30. The number of hydrogen-bond acceptors (Lipinski definition) is 3. The van der Waals surface area contributed by atoms with Crippen molar-refractivity contribution in [3.8, 4) is 0 Å². The summed E-state index contributed by atoms with van der Waals surface area (Å²) in [6.45, 7) is 5.36. The Kier molecular flexibility index (Phi) is 4.06. The van der Waals surface area contributed by atoms with Gasteiger partial charge in [0.15, 0.2) is 0 Å². The molecule has 0 fully saturated rings. The van der Waals surface area contributed by atoms with Gasteiger partial charge in [-0.15, -0.1) is 11.3 Å². The van der Waals surface area contributed by atoms with Gasteiger partial charge in [-0.2, -0.15) is 0 Å². The van der Waals surface area contributed by atoms with Crippen molar-refractivity contribution in [2.24, 2.45) is 5.92 Å². The Morgan fingerprint density at radius 3 is 2.44 bits per heavy atom. The van der Waals surface area contributed by atoms with Crippen LogP contribution in [0.25, 0.3) is 0 Å². The van der Waals surface area contributed by atoms with Gasteiger partial charge >= 0.3 is 5.97 Å². The highest BCUT2D eigenvalue weighted by molar-refractivity contribution is 7.12. The van der Waals surface area contributed by atoms with Gasteiger partial charge in [0.05, 0.1) is 4.88 Å². The number of aryl methyl sites for hydroxylation is 1. The van der Waals surface area contributed by atoms with Crippen LogP contribution in [0.3, 0.4) is 0 Å². The Bertz CT molecular complexity index is 398. The summed E-state index contributed by atoms with van der Waals surface area (Å²) in [5, 5.41) is 13.3. The van der Waals surface area contributed by atoms with Crippen molar-refractivity contribution in [2.75, 3.05) is 0 Å². The molecule has 0 aliphatic carbocycles. The fourth-order valence-electron chi connectivity index (χ4n) is 1.33. The highest BCUT2D eigenvalue weighted by atomic mass is 32.1. The maximum atomic E-state index is 11.8. The molecule has 1 rings (SSSR count). The average molecular weight is 241 g/mol.